The summed E-state index contributed by atoms with van der Waals surface area (Å²) in [6.07, 6.45) is 4.20. The lowest BCUT2D eigenvalue weighted by molar-refractivity contribution is -0.117. The van der Waals surface area contributed by atoms with E-state index in [-0.39, 0.29) is 23.9 Å². The van der Waals surface area contributed by atoms with E-state index in [0.717, 1.165) is 22.9 Å². The predicted molar refractivity (Wildman–Crippen MR) is 98.4 cm³/mol. The van der Waals surface area contributed by atoms with E-state index in [1.54, 1.807) is 13.1 Å². The van der Waals surface area contributed by atoms with Gasteiger partial charge in [-0.2, -0.15) is 0 Å². The summed E-state index contributed by atoms with van der Waals surface area (Å²) in [6, 6.07) is 10.2. The number of carbonyl (C=O) groups is 1. The second-order valence-electron chi connectivity index (χ2n) is 7.27. The first-order valence-electron chi connectivity index (χ1n) is 9.01. The molecule has 2 aliphatic rings. The average molecular weight is 336 g/mol. The molecule has 0 saturated heterocycles. The van der Waals surface area contributed by atoms with Crippen LogP contribution >= 0.6 is 0 Å². The molecule has 25 heavy (non-hydrogen) atoms. The molecule has 1 fully saturated rings. The van der Waals surface area contributed by atoms with Gasteiger partial charge in [-0.1, -0.05) is 13.0 Å². The van der Waals surface area contributed by atoms with Crippen LogP contribution in [0.1, 0.15) is 44.1 Å². The molecular formula is C20H24N4O. The molecule has 1 saturated carbocycles. The highest BCUT2D eigenvalue weighted by atomic mass is 16.2. The second-order valence-corrected chi connectivity index (χ2v) is 7.27. The molecule has 0 bridgehead atoms. The fraction of sp³-hybridized carbons (Fsp3) is 0.450. The molecule has 1 N–H and O–H groups in total. The maximum absolute atomic E-state index is 12.4. The van der Waals surface area contributed by atoms with Crippen molar-refractivity contribution in [3.05, 3.63) is 47.9 Å². The Labute approximate surface area is 148 Å². The number of carbonyl (C=O) groups excluding carboxylic acids is 1. The number of pyridine rings is 2. The van der Waals surface area contributed by atoms with Gasteiger partial charge in [0.05, 0.1) is 17.4 Å². The summed E-state index contributed by atoms with van der Waals surface area (Å²) >= 11 is 0. The van der Waals surface area contributed by atoms with E-state index >= 15 is 0 Å². The fourth-order valence-electron chi connectivity index (χ4n) is 4.13. The van der Waals surface area contributed by atoms with Crippen molar-refractivity contribution >= 4 is 17.4 Å². The highest BCUT2D eigenvalue weighted by molar-refractivity contribution is 5.93. The molecule has 2 aromatic heterocycles. The molecule has 4 rings (SSSR count). The summed E-state index contributed by atoms with van der Waals surface area (Å²) in [4.78, 5) is 23.6. The van der Waals surface area contributed by atoms with Crippen molar-refractivity contribution in [1.82, 2.24) is 9.97 Å². The normalized spacial score (nSPS) is 25.4. The molecule has 3 atom stereocenters. The summed E-state index contributed by atoms with van der Waals surface area (Å²) in [5, 5.41) is 3.59. The summed E-state index contributed by atoms with van der Waals surface area (Å²) in [7, 11) is 0. The lowest BCUT2D eigenvalue weighted by atomic mass is 9.82. The van der Waals surface area contributed by atoms with Crippen molar-refractivity contribution in [2.24, 2.45) is 11.8 Å². The number of hydrogen-bond donors (Lipinski definition) is 1. The van der Waals surface area contributed by atoms with Crippen molar-refractivity contribution in [3.63, 3.8) is 0 Å². The van der Waals surface area contributed by atoms with Gasteiger partial charge in [0.15, 0.2) is 0 Å². The first-order valence-corrected chi connectivity index (χ1v) is 9.01. The van der Waals surface area contributed by atoms with Gasteiger partial charge in [-0.05, 0) is 49.9 Å². The standard InChI is InChI=1S/C20H24N4O/c1-12-6-4-8-17(22-12)23-18-13(2)20(15-9-10-15)24(14(3)25)16-7-5-11-21-19(16)18/h4-8,11,13,15,18,20H,9-10H2,1-3H3,(H,22,23). The van der Waals surface area contributed by atoms with Crippen molar-refractivity contribution in [2.45, 2.75) is 45.7 Å². The molecule has 1 aliphatic heterocycles. The summed E-state index contributed by atoms with van der Waals surface area (Å²) in [5.41, 5.74) is 2.86. The monoisotopic (exact) mass is 336 g/mol. The Kier molecular flexibility index (Phi) is 3.94. The van der Waals surface area contributed by atoms with Crippen LogP contribution in [0.3, 0.4) is 0 Å². The zero-order valence-corrected chi connectivity index (χ0v) is 14.9. The Bertz CT molecular complexity index is 802. The van der Waals surface area contributed by atoms with Gasteiger partial charge >= 0.3 is 0 Å². The van der Waals surface area contributed by atoms with Crippen LogP contribution in [0.25, 0.3) is 0 Å². The van der Waals surface area contributed by atoms with Crippen molar-refractivity contribution in [2.75, 3.05) is 10.2 Å². The highest BCUT2D eigenvalue weighted by Gasteiger charge is 2.48. The third kappa shape index (κ3) is 2.88. The molecule has 130 valence electrons. The number of rotatable bonds is 3. The van der Waals surface area contributed by atoms with Gasteiger partial charge in [0.25, 0.3) is 0 Å². The molecule has 0 spiro atoms. The molecule has 0 radical (unpaired) electrons. The minimum atomic E-state index is 0.0479. The van der Waals surface area contributed by atoms with Gasteiger partial charge in [0.1, 0.15) is 5.82 Å². The van der Waals surface area contributed by atoms with Crippen LogP contribution in [-0.4, -0.2) is 21.9 Å². The smallest absolute Gasteiger partial charge is 0.224 e. The molecule has 1 amide bonds. The predicted octanol–water partition coefficient (Wildman–Crippen LogP) is 3.72. The second kappa shape index (κ2) is 6.14. The zero-order valence-electron chi connectivity index (χ0n) is 14.9. The Morgan fingerprint density at radius 2 is 2.04 bits per heavy atom. The summed E-state index contributed by atoms with van der Waals surface area (Å²) in [6.45, 7) is 5.88. The van der Waals surface area contributed by atoms with Crippen LogP contribution in [0, 0.1) is 18.8 Å². The first-order chi connectivity index (χ1) is 12.1. The van der Waals surface area contributed by atoms with Crippen molar-refractivity contribution < 1.29 is 4.79 Å². The molecule has 2 aromatic rings. The van der Waals surface area contributed by atoms with E-state index in [4.69, 9.17) is 0 Å². The van der Waals surface area contributed by atoms with Gasteiger partial charge in [-0.15, -0.1) is 0 Å². The number of nitrogens with zero attached hydrogens (tertiary/aromatic N) is 3. The van der Waals surface area contributed by atoms with Crippen LogP contribution in [0.15, 0.2) is 36.5 Å². The SMILES string of the molecule is CC(=O)N1c2cccnc2C(Nc2cccc(C)n2)C(C)C1C1CC1. The summed E-state index contributed by atoms with van der Waals surface area (Å²) in [5.74, 6) is 1.81. The topological polar surface area (TPSA) is 58.1 Å². The van der Waals surface area contributed by atoms with E-state index in [0.29, 0.717) is 5.92 Å². The first kappa shape index (κ1) is 16.1. The van der Waals surface area contributed by atoms with E-state index in [1.807, 2.05) is 42.2 Å². The molecular weight excluding hydrogens is 312 g/mol. The molecule has 3 unspecified atom stereocenters. The van der Waals surface area contributed by atoms with Crippen molar-refractivity contribution in [3.8, 4) is 0 Å². The quantitative estimate of drug-likeness (QED) is 0.928. The number of aryl methyl sites for hydroxylation is 1. The van der Waals surface area contributed by atoms with Crippen LogP contribution in [0.5, 0.6) is 0 Å². The Balaban J connectivity index is 1.77. The van der Waals surface area contributed by atoms with Crippen LogP contribution < -0.4 is 10.2 Å². The Hall–Kier alpha value is -2.43. The Morgan fingerprint density at radius 1 is 1.24 bits per heavy atom. The fourth-order valence-corrected chi connectivity index (χ4v) is 4.13. The van der Waals surface area contributed by atoms with Gasteiger partial charge in [0, 0.05) is 30.8 Å². The highest BCUT2D eigenvalue weighted by Crippen LogP contribution is 2.49. The van der Waals surface area contributed by atoms with E-state index in [9.17, 15) is 4.79 Å². The van der Waals surface area contributed by atoms with Gasteiger partial charge in [-0.25, -0.2) is 4.98 Å². The lowest BCUT2D eigenvalue weighted by Gasteiger charge is -2.45. The lowest BCUT2D eigenvalue weighted by Crippen LogP contribution is -2.51. The Morgan fingerprint density at radius 3 is 2.72 bits per heavy atom. The number of aromatic nitrogens is 2. The number of anilines is 2. The number of nitrogens with one attached hydrogen (secondary N) is 1. The van der Waals surface area contributed by atoms with Gasteiger partial charge < -0.3 is 10.2 Å². The molecule has 3 heterocycles. The number of fused-ring (bicyclic) bond motifs is 1. The zero-order chi connectivity index (χ0) is 17.6. The third-order valence-electron chi connectivity index (χ3n) is 5.37. The maximum atomic E-state index is 12.4. The average Bonchev–Trinajstić information content (AvgIpc) is 3.41. The number of hydrogen-bond acceptors (Lipinski definition) is 4. The minimum Gasteiger partial charge on any atom is -0.361 e. The molecule has 5 heteroatoms. The van der Waals surface area contributed by atoms with Crippen LogP contribution in [-0.2, 0) is 4.79 Å². The molecule has 1 aliphatic carbocycles. The van der Waals surface area contributed by atoms with Gasteiger partial charge in [-0.3, -0.25) is 9.78 Å². The van der Waals surface area contributed by atoms with E-state index < -0.39 is 0 Å². The third-order valence-corrected chi connectivity index (χ3v) is 5.37. The maximum Gasteiger partial charge on any atom is 0.224 e. The van der Waals surface area contributed by atoms with Crippen LogP contribution in [0.4, 0.5) is 11.5 Å². The molecule has 0 aromatic carbocycles. The van der Waals surface area contributed by atoms with Crippen LogP contribution in [0.2, 0.25) is 0 Å². The summed E-state index contributed by atoms with van der Waals surface area (Å²) < 4.78 is 0. The largest absolute Gasteiger partial charge is 0.361 e. The van der Waals surface area contributed by atoms with E-state index in [1.165, 1.54) is 12.8 Å². The van der Waals surface area contributed by atoms with Gasteiger partial charge in [0.2, 0.25) is 5.91 Å². The molecule has 5 nitrogen and oxygen atoms in total. The van der Waals surface area contributed by atoms with Crippen molar-refractivity contribution in [1.29, 1.82) is 0 Å². The minimum absolute atomic E-state index is 0.0479. The number of amides is 1. The van der Waals surface area contributed by atoms with E-state index in [2.05, 4.69) is 22.2 Å².